The molecule has 0 aliphatic carbocycles. The van der Waals surface area contributed by atoms with Crippen LogP contribution in [-0.4, -0.2) is 37.0 Å². The molecule has 1 fully saturated rings. The van der Waals surface area contributed by atoms with Crippen LogP contribution in [0.15, 0.2) is 29.0 Å². The Morgan fingerprint density at radius 1 is 1.25 bits per heavy atom. The number of likely N-dealkylation sites (tertiary alicyclic amines) is 1. The summed E-state index contributed by atoms with van der Waals surface area (Å²) in [5.41, 5.74) is 1.45. The van der Waals surface area contributed by atoms with Gasteiger partial charge in [0.05, 0.1) is 11.4 Å². The number of nitrogens with zero attached hydrogens (tertiary/aromatic N) is 1. The summed E-state index contributed by atoms with van der Waals surface area (Å²) in [6.45, 7) is 5.88. The number of quaternary nitrogens is 1. The van der Waals surface area contributed by atoms with Crippen LogP contribution in [0.4, 0.5) is 0 Å². The van der Waals surface area contributed by atoms with Gasteiger partial charge in [-0.1, -0.05) is 13.0 Å². The van der Waals surface area contributed by atoms with Crippen LogP contribution in [0, 0.1) is 5.92 Å². The van der Waals surface area contributed by atoms with Gasteiger partial charge < -0.3 is 9.80 Å². The Balaban J connectivity index is 1.52. The topological polar surface area (TPSA) is 24.8 Å². The van der Waals surface area contributed by atoms with Gasteiger partial charge >= 0.3 is 0 Å². The van der Waals surface area contributed by atoms with Gasteiger partial charge in [-0.05, 0) is 41.7 Å². The van der Waals surface area contributed by atoms with Crippen LogP contribution in [-0.2, 0) is 11.2 Å². The van der Waals surface area contributed by atoms with Crippen molar-refractivity contribution in [2.45, 2.75) is 32.2 Å². The zero-order valence-corrected chi connectivity index (χ0v) is 15.8. The third kappa shape index (κ3) is 3.17. The Labute approximate surface area is 151 Å². The van der Waals surface area contributed by atoms with E-state index in [2.05, 4.69) is 40.8 Å². The Kier molecular flexibility index (Phi) is 4.74. The lowest BCUT2D eigenvalue weighted by Gasteiger charge is -2.35. The predicted octanol–water partition coefficient (Wildman–Crippen LogP) is 2.60. The third-order valence-corrected chi connectivity index (χ3v) is 7.45. The van der Waals surface area contributed by atoms with Crippen LogP contribution in [0.3, 0.4) is 0 Å². The second kappa shape index (κ2) is 6.98. The van der Waals surface area contributed by atoms with Gasteiger partial charge in [0.1, 0.15) is 6.04 Å². The highest BCUT2D eigenvalue weighted by atomic mass is 32.1. The molecule has 24 heavy (non-hydrogen) atoms. The largest absolute Gasteiger partial charge is 0.338 e. The Morgan fingerprint density at radius 2 is 2.08 bits per heavy atom. The van der Waals surface area contributed by atoms with Crippen molar-refractivity contribution in [1.29, 1.82) is 0 Å². The minimum Gasteiger partial charge on any atom is -0.338 e. The maximum Gasteiger partial charge on any atom is 0.277 e. The first-order valence-corrected chi connectivity index (χ1v) is 10.7. The van der Waals surface area contributed by atoms with Crippen molar-refractivity contribution >= 4 is 28.6 Å². The molecule has 4 heterocycles. The highest BCUT2D eigenvalue weighted by Gasteiger charge is 2.36. The summed E-state index contributed by atoms with van der Waals surface area (Å²) in [5, 5.41) is 4.36. The number of rotatable bonds is 3. The number of carbonyl (C=O) groups is 1. The molecule has 0 spiro atoms. The van der Waals surface area contributed by atoms with Crippen LogP contribution < -0.4 is 4.90 Å². The molecule has 128 valence electrons. The number of piperidine rings is 1. The fourth-order valence-corrected chi connectivity index (χ4v) is 5.84. The maximum atomic E-state index is 12.8. The summed E-state index contributed by atoms with van der Waals surface area (Å²) < 4.78 is 0. The molecule has 2 aromatic heterocycles. The van der Waals surface area contributed by atoms with Gasteiger partial charge in [-0.2, -0.15) is 0 Å². The van der Waals surface area contributed by atoms with Gasteiger partial charge in [0.25, 0.3) is 5.91 Å². The van der Waals surface area contributed by atoms with E-state index < -0.39 is 0 Å². The van der Waals surface area contributed by atoms with E-state index in [1.807, 2.05) is 22.7 Å². The Hall–Kier alpha value is -1.17. The molecule has 3 nitrogen and oxygen atoms in total. The molecular formula is C19H25N2OS2+. The highest BCUT2D eigenvalue weighted by Crippen LogP contribution is 2.31. The second-order valence-corrected chi connectivity index (χ2v) is 9.13. The molecular weight excluding hydrogens is 336 g/mol. The number of amides is 1. The number of fused-ring (bicyclic) bond motifs is 1. The van der Waals surface area contributed by atoms with Crippen LogP contribution in [0.2, 0.25) is 0 Å². The normalized spacial score (nSPS) is 24.8. The molecule has 5 heteroatoms. The number of carbonyl (C=O) groups excluding carboxylic acids is 1. The molecule has 1 saturated heterocycles. The molecule has 0 radical (unpaired) electrons. The van der Waals surface area contributed by atoms with Gasteiger partial charge in [-0.15, -0.1) is 22.7 Å². The molecule has 1 unspecified atom stereocenters. The SMILES string of the molecule is CC1CCN(C(=O)C[NH+]2CCc3sccc3[C@@H]2c2cccs2)CC1. The molecule has 2 aliphatic heterocycles. The molecule has 0 saturated carbocycles. The molecule has 1 N–H and O–H groups in total. The first-order valence-electron chi connectivity index (χ1n) is 8.94. The number of hydrogen-bond acceptors (Lipinski definition) is 3. The van der Waals surface area contributed by atoms with E-state index in [1.165, 1.54) is 20.2 Å². The first kappa shape index (κ1) is 16.3. The first-order chi connectivity index (χ1) is 11.7. The van der Waals surface area contributed by atoms with E-state index in [1.54, 1.807) is 0 Å². The van der Waals surface area contributed by atoms with Crippen molar-refractivity contribution in [3.8, 4) is 0 Å². The molecule has 2 aliphatic rings. The minimum absolute atomic E-state index is 0.340. The second-order valence-electron chi connectivity index (χ2n) is 7.15. The van der Waals surface area contributed by atoms with E-state index in [0.29, 0.717) is 18.5 Å². The van der Waals surface area contributed by atoms with Crippen molar-refractivity contribution < 1.29 is 9.69 Å². The van der Waals surface area contributed by atoms with Crippen LogP contribution in [0.1, 0.15) is 41.1 Å². The lowest BCUT2D eigenvalue weighted by molar-refractivity contribution is -0.919. The smallest absolute Gasteiger partial charge is 0.277 e. The maximum absolute atomic E-state index is 12.8. The summed E-state index contributed by atoms with van der Waals surface area (Å²) in [6.07, 6.45) is 3.42. The van der Waals surface area contributed by atoms with E-state index >= 15 is 0 Å². The van der Waals surface area contributed by atoms with E-state index in [9.17, 15) is 4.79 Å². The molecule has 4 rings (SSSR count). The summed E-state index contributed by atoms with van der Waals surface area (Å²) in [6, 6.07) is 6.98. The van der Waals surface area contributed by atoms with Gasteiger partial charge in [0, 0.05) is 30.0 Å². The number of hydrogen-bond donors (Lipinski definition) is 1. The third-order valence-electron chi connectivity index (χ3n) is 5.51. The Morgan fingerprint density at radius 3 is 2.83 bits per heavy atom. The summed E-state index contributed by atoms with van der Waals surface area (Å²) in [4.78, 5) is 19.3. The van der Waals surface area contributed by atoms with Crippen molar-refractivity contribution in [1.82, 2.24) is 4.90 Å². The molecule has 2 aromatic rings. The van der Waals surface area contributed by atoms with Crippen molar-refractivity contribution in [2.24, 2.45) is 5.92 Å². The molecule has 0 bridgehead atoms. The average molecular weight is 362 g/mol. The zero-order chi connectivity index (χ0) is 16.5. The van der Waals surface area contributed by atoms with Crippen LogP contribution in [0.5, 0.6) is 0 Å². The number of nitrogens with one attached hydrogen (secondary N) is 1. The predicted molar refractivity (Wildman–Crippen MR) is 99.9 cm³/mol. The lowest BCUT2D eigenvalue weighted by atomic mass is 9.97. The van der Waals surface area contributed by atoms with Crippen LogP contribution >= 0.6 is 22.7 Å². The monoisotopic (exact) mass is 361 g/mol. The lowest BCUT2D eigenvalue weighted by Crippen LogP contribution is -3.14. The fourth-order valence-electron chi connectivity index (χ4n) is 4.01. The number of thiophene rings is 2. The molecule has 1 amide bonds. The molecule has 0 aromatic carbocycles. The van der Waals surface area contributed by atoms with Gasteiger partial charge in [-0.3, -0.25) is 4.79 Å². The van der Waals surface area contributed by atoms with Crippen LogP contribution in [0.25, 0.3) is 0 Å². The fraction of sp³-hybridized carbons (Fsp3) is 0.526. The van der Waals surface area contributed by atoms with Gasteiger partial charge in [0.2, 0.25) is 0 Å². The van der Waals surface area contributed by atoms with Crippen molar-refractivity contribution in [3.05, 3.63) is 44.3 Å². The minimum atomic E-state index is 0.340. The standard InChI is InChI=1S/C19H24N2OS2/c1-14-4-8-20(9-5-14)18(22)13-21-10-6-16-15(7-12-24-16)19(21)17-3-2-11-23-17/h2-3,7,11-12,14,19H,4-6,8-10,13H2,1H3/p+1/t19-/m1/s1. The zero-order valence-electron chi connectivity index (χ0n) is 14.2. The van der Waals surface area contributed by atoms with Crippen molar-refractivity contribution in [2.75, 3.05) is 26.2 Å². The summed E-state index contributed by atoms with van der Waals surface area (Å²) in [7, 11) is 0. The van der Waals surface area contributed by atoms with E-state index in [0.717, 1.165) is 44.8 Å². The van der Waals surface area contributed by atoms with E-state index in [-0.39, 0.29) is 0 Å². The van der Waals surface area contributed by atoms with Crippen molar-refractivity contribution in [3.63, 3.8) is 0 Å². The summed E-state index contributed by atoms with van der Waals surface area (Å²) >= 11 is 3.69. The average Bonchev–Trinajstić information content (AvgIpc) is 3.26. The van der Waals surface area contributed by atoms with Gasteiger partial charge in [0.15, 0.2) is 6.54 Å². The van der Waals surface area contributed by atoms with Gasteiger partial charge in [-0.25, -0.2) is 0 Å². The Bertz CT molecular complexity index is 686. The molecule has 2 atom stereocenters. The van der Waals surface area contributed by atoms with E-state index in [4.69, 9.17) is 0 Å². The summed E-state index contributed by atoms with van der Waals surface area (Å²) in [5.74, 6) is 1.11. The highest BCUT2D eigenvalue weighted by molar-refractivity contribution is 7.10. The quantitative estimate of drug-likeness (QED) is 0.893.